The maximum absolute atomic E-state index is 14.0. The van der Waals surface area contributed by atoms with E-state index in [1.54, 1.807) is 0 Å². The molecule has 188 valence electrons. The van der Waals surface area contributed by atoms with E-state index in [0.29, 0.717) is 6.07 Å². The number of fused-ring (bicyclic) bond motifs is 1. The molecular weight excluding hydrogens is 487 g/mol. The third-order valence-corrected chi connectivity index (χ3v) is 6.14. The Balaban J connectivity index is 1.57. The summed E-state index contributed by atoms with van der Waals surface area (Å²) in [7, 11) is 12.9. The van der Waals surface area contributed by atoms with Gasteiger partial charge in [0.15, 0.2) is 17.6 Å². The molecule has 2 heterocycles. The van der Waals surface area contributed by atoms with Gasteiger partial charge in [-0.1, -0.05) is 0 Å². The Morgan fingerprint density at radius 2 is 1.81 bits per heavy atom. The van der Waals surface area contributed by atoms with Crippen molar-refractivity contribution < 1.29 is 45.7 Å². The van der Waals surface area contributed by atoms with Gasteiger partial charge in [-0.25, -0.2) is 8.78 Å². The molecule has 4 rings (SSSR count). The van der Waals surface area contributed by atoms with Crippen molar-refractivity contribution in [2.24, 2.45) is 0 Å². The summed E-state index contributed by atoms with van der Waals surface area (Å²) in [5.41, 5.74) is -3.25. The van der Waals surface area contributed by atoms with Crippen LogP contribution < -0.4 is 9.47 Å². The van der Waals surface area contributed by atoms with E-state index < -0.39 is 47.1 Å². The number of carbonyl (C=O) groups is 1. The molecule has 2 fully saturated rings. The second kappa shape index (κ2) is 9.26. The normalized spacial score (nSPS) is 24.2. The first-order valence-electron chi connectivity index (χ1n) is 10.9. The zero-order valence-electron chi connectivity index (χ0n) is 19.3. The van der Waals surface area contributed by atoms with Crippen LogP contribution in [-0.4, -0.2) is 70.7 Å². The van der Waals surface area contributed by atoms with Crippen molar-refractivity contribution in [1.29, 1.82) is 0 Å². The molecule has 0 aliphatic carbocycles. The average Bonchev–Trinajstić information content (AvgIpc) is 3.07. The maximum atomic E-state index is 14.0. The summed E-state index contributed by atoms with van der Waals surface area (Å²) in [6.07, 6.45) is -7.61. The molecule has 0 spiro atoms. The van der Waals surface area contributed by atoms with Crippen molar-refractivity contribution in [1.82, 2.24) is 4.90 Å². The number of likely N-dealkylation sites (tertiary alicyclic amines) is 1. The first-order valence-corrected chi connectivity index (χ1v) is 10.9. The number of nitrogens with zero attached hydrogens (tertiary/aromatic N) is 1. The molecule has 6 nitrogen and oxygen atoms in total. The molecule has 2 saturated heterocycles. The van der Waals surface area contributed by atoms with Crippen LogP contribution in [-0.2, 0) is 15.1 Å². The molecule has 2 aromatic rings. The lowest BCUT2D eigenvalue weighted by molar-refractivity contribution is -0.189. The predicted molar refractivity (Wildman–Crippen MR) is 118 cm³/mol. The molecule has 1 amide bonds. The van der Waals surface area contributed by atoms with Gasteiger partial charge in [0.1, 0.15) is 39.0 Å². The van der Waals surface area contributed by atoms with E-state index in [4.69, 9.17) is 34.6 Å². The van der Waals surface area contributed by atoms with Crippen LogP contribution in [0.1, 0.15) is 29.3 Å². The van der Waals surface area contributed by atoms with E-state index in [9.17, 15) is 26.7 Å². The van der Waals surface area contributed by atoms with Crippen LogP contribution in [0.4, 0.5) is 22.0 Å². The molecule has 3 unspecified atom stereocenters. The monoisotopic (exact) mass is 507 g/mol. The van der Waals surface area contributed by atoms with Crippen molar-refractivity contribution in [2.75, 3.05) is 20.2 Å². The maximum Gasteiger partial charge on any atom is 0.425 e. The highest BCUT2D eigenvalue weighted by Crippen LogP contribution is 2.47. The lowest BCUT2D eigenvalue weighted by atomic mass is 9.76. The molecular formula is C23H20B2F5NO5. The number of amides is 1. The van der Waals surface area contributed by atoms with Crippen molar-refractivity contribution >= 4 is 21.6 Å². The molecule has 36 heavy (non-hydrogen) atoms. The van der Waals surface area contributed by atoms with Crippen LogP contribution in [0.2, 0.25) is 0 Å². The van der Waals surface area contributed by atoms with E-state index >= 15 is 0 Å². The number of carbonyl (C=O) groups excluding carboxylic acids is 1. The highest BCUT2D eigenvalue weighted by atomic mass is 19.4. The van der Waals surface area contributed by atoms with Crippen LogP contribution in [0.15, 0.2) is 36.4 Å². The molecule has 2 aliphatic rings. The number of halogens is 5. The number of piperidine rings is 1. The fourth-order valence-electron chi connectivity index (χ4n) is 4.39. The predicted octanol–water partition coefficient (Wildman–Crippen LogP) is 3.41. The standard InChI is InChI=1S/C23H20B2F5NO5/c1-12(22(28,29)30)34-17-4-3-13(7-18(17)33-2)20(32)31-6-5-21(14-8-15(26)10-16(27)9-14)19(11-31)35-23(24,25)36-21/h3-4,7-10,12,19H,5-6,11H2,1-2H3. The number of hydrogen-bond donors (Lipinski definition) is 0. The Hall–Kier alpha value is -2.79. The van der Waals surface area contributed by atoms with Crippen LogP contribution >= 0.6 is 0 Å². The van der Waals surface area contributed by atoms with Gasteiger partial charge >= 0.3 is 6.18 Å². The molecule has 0 N–H and O–H groups in total. The number of rotatable bonds is 5. The van der Waals surface area contributed by atoms with Crippen LogP contribution in [0.5, 0.6) is 11.5 Å². The van der Waals surface area contributed by atoms with E-state index in [1.807, 2.05) is 0 Å². The average molecular weight is 507 g/mol. The van der Waals surface area contributed by atoms with Crippen LogP contribution in [0, 0.1) is 11.6 Å². The topological polar surface area (TPSA) is 57.2 Å². The Labute approximate surface area is 206 Å². The summed E-state index contributed by atoms with van der Waals surface area (Å²) < 4.78 is 87.9. The van der Waals surface area contributed by atoms with E-state index in [-0.39, 0.29) is 42.1 Å². The first kappa shape index (κ1) is 26.3. The molecule has 2 aromatic carbocycles. The summed E-state index contributed by atoms with van der Waals surface area (Å²) in [4.78, 5) is 14.6. The van der Waals surface area contributed by atoms with Crippen LogP contribution in [0.25, 0.3) is 0 Å². The minimum absolute atomic E-state index is 0.0455. The number of alkyl halides is 3. The summed E-state index contributed by atoms with van der Waals surface area (Å²) >= 11 is 0. The van der Waals surface area contributed by atoms with Crippen LogP contribution in [0.3, 0.4) is 0 Å². The molecule has 13 heteroatoms. The van der Waals surface area contributed by atoms with Gasteiger partial charge in [-0.3, -0.25) is 4.79 Å². The van der Waals surface area contributed by atoms with Gasteiger partial charge in [-0.15, -0.1) is 0 Å². The number of ether oxygens (including phenoxy) is 4. The fourth-order valence-corrected chi connectivity index (χ4v) is 4.39. The van der Waals surface area contributed by atoms with Crippen molar-refractivity contribution in [3.05, 3.63) is 59.2 Å². The Bertz CT molecular complexity index is 1140. The van der Waals surface area contributed by atoms with E-state index in [1.165, 1.54) is 30.2 Å². The van der Waals surface area contributed by atoms with Gasteiger partial charge in [0.05, 0.1) is 19.2 Å². The SMILES string of the molecule is [B]C1([B])OC2CN(C(=O)c3ccc(OC(C)C(F)(F)F)c(OC)c3)CCC2(c2cc(F)cc(F)c2)O1. The smallest absolute Gasteiger partial charge is 0.425 e. The summed E-state index contributed by atoms with van der Waals surface area (Å²) in [5, 5.41) is 0. The quantitative estimate of drug-likeness (QED) is 0.459. The van der Waals surface area contributed by atoms with Gasteiger partial charge in [0, 0.05) is 24.6 Å². The lowest BCUT2D eigenvalue weighted by Crippen LogP contribution is -2.53. The zero-order chi connectivity index (χ0) is 26.5. The number of benzene rings is 2. The fraction of sp³-hybridized carbons (Fsp3) is 0.435. The minimum Gasteiger partial charge on any atom is -0.493 e. The van der Waals surface area contributed by atoms with E-state index in [2.05, 4.69) is 0 Å². The van der Waals surface area contributed by atoms with Gasteiger partial charge in [-0.05, 0) is 42.8 Å². The van der Waals surface area contributed by atoms with Gasteiger partial charge in [0.25, 0.3) is 5.91 Å². The Morgan fingerprint density at radius 3 is 2.42 bits per heavy atom. The minimum atomic E-state index is -4.59. The third-order valence-electron chi connectivity index (χ3n) is 6.14. The Kier molecular flexibility index (Phi) is 6.76. The number of hydrogen-bond acceptors (Lipinski definition) is 5. The summed E-state index contributed by atoms with van der Waals surface area (Å²) in [6, 6.07) is 6.64. The Morgan fingerprint density at radius 1 is 1.14 bits per heavy atom. The first-order chi connectivity index (χ1) is 16.7. The molecule has 0 aromatic heterocycles. The van der Waals surface area contributed by atoms with Crippen molar-refractivity contribution in [2.45, 2.75) is 42.9 Å². The highest BCUT2D eigenvalue weighted by Gasteiger charge is 2.56. The largest absolute Gasteiger partial charge is 0.493 e. The lowest BCUT2D eigenvalue weighted by Gasteiger charge is -2.42. The van der Waals surface area contributed by atoms with Crippen molar-refractivity contribution in [3.63, 3.8) is 0 Å². The molecule has 0 saturated carbocycles. The highest BCUT2D eigenvalue weighted by molar-refractivity contribution is 6.38. The second-order valence-corrected chi connectivity index (χ2v) is 8.65. The number of methoxy groups -OCH3 is 1. The molecule has 3 atom stereocenters. The summed E-state index contributed by atoms with van der Waals surface area (Å²) in [5.74, 6) is -2.42. The zero-order valence-corrected chi connectivity index (χ0v) is 19.3. The molecule has 2 aliphatic heterocycles. The van der Waals surface area contributed by atoms with Gasteiger partial charge in [0.2, 0.25) is 0 Å². The van der Waals surface area contributed by atoms with Crippen molar-refractivity contribution in [3.8, 4) is 11.5 Å². The van der Waals surface area contributed by atoms with Gasteiger partial charge < -0.3 is 23.8 Å². The summed E-state index contributed by atoms with van der Waals surface area (Å²) in [6.45, 7) is 0.818. The third kappa shape index (κ3) is 5.04. The second-order valence-electron chi connectivity index (χ2n) is 8.65. The van der Waals surface area contributed by atoms with Gasteiger partial charge in [-0.2, -0.15) is 13.2 Å². The molecule has 0 bridgehead atoms. The van der Waals surface area contributed by atoms with E-state index in [0.717, 1.165) is 19.1 Å². The molecule has 4 radical (unpaired) electrons.